The summed E-state index contributed by atoms with van der Waals surface area (Å²) in [6, 6.07) is 9.06. The average Bonchev–Trinajstić information content (AvgIpc) is 2.30. The minimum Gasteiger partial charge on any atom is -0.314 e. The molecule has 1 N–H and O–H groups in total. The lowest BCUT2D eigenvalue weighted by atomic mass is 9.76. The van der Waals surface area contributed by atoms with Gasteiger partial charge in [0, 0.05) is 11.1 Å². The van der Waals surface area contributed by atoms with Crippen molar-refractivity contribution in [2.24, 2.45) is 5.92 Å². The van der Waals surface area contributed by atoms with Crippen molar-refractivity contribution in [1.82, 2.24) is 5.32 Å². The number of hydrogen-bond acceptors (Lipinski definition) is 1. The molecule has 1 aromatic rings. The van der Waals surface area contributed by atoms with Gasteiger partial charge in [-0.15, -0.1) is 0 Å². The van der Waals surface area contributed by atoms with E-state index in [4.69, 9.17) is 11.6 Å². The highest BCUT2D eigenvalue weighted by atomic mass is 35.5. The van der Waals surface area contributed by atoms with Gasteiger partial charge in [-0.3, -0.25) is 0 Å². The molecule has 0 aromatic heterocycles. The molecule has 0 bridgehead atoms. The predicted molar refractivity (Wildman–Crippen MR) is 83.9 cm³/mol. The number of rotatable bonds is 7. The van der Waals surface area contributed by atoms with Gasteiger partial charge in [0.15, 0.2) is 0 Å². The van der Waals surface area contributed by atoms with Crippen molar-refractivity contribution in [3.05, 3.63) is 34.9 Å². The Labute approximate surface area is 122 Å². The van der Waals surface area contributed by atoms with Gasteiger partial charge in [0.05, 0.1) is 0 Å². The quantitative estimate of drug-likeness (QED) is 0.693. The molecule has 1 aliphatic rings. The molecule has 0 saturated heterocycles. The van der Waals surface area contributed by atoms with Crippen molar-refractivity contribution in [3.63, 3.8) is 0 Å². The molecule has 19 heavy (non-hydrogen) atoms. The molecule has 0 spiro atoms. The number of hydrogen-bond donors (Lipinski definition) is 1. The third kappa shape index (κ3) is 4.81. The molecular formula is C17H26ClN. The average molecular weight is 280 g/mol. The van der Waals surface area contributed by atoms with Crippen LogP contribution in [0.25, 0.3) is 0 Å². The van der Waals surface area contributed by atoms with Crippen molar-refractivity contribution in [3.8, 4) is 0 Å². The summed E-state index contributed by atoms with van der Waals surface area (Å²) in [4.78, 5) is 0. The van der Waals surface area contributed by atoms with Gasteiger partial charge in [0.1, 0.15) is 0 Å². The number of nitrogens with one attached hydrogen (secondary N) is 1. The van der Waals surface area contributed by atoms with E-state index in [9.17, 15) is 0 Å². The van der Waals surface area contributed by atoms with Gasteiger partial charge in [-0.1, -0.05) is 50.4 Å². The Morgan fingerprint density at radius 2 is 2.05 bits per heavy atom. The van der Waals surface area contributed by atoms with Gasteiger partial charge >= 0.3 is 0 Å². The molecule has 1 saturated carbocycles. The number of halogens is 1. The Bertz CT molecular complexity index is 383. The van der Waals surface area contributed by atoms with Crippen LogP contribution in [-0.2, 0) is 0 Å². The second-order valence-electron chi connectivity index (χ2n) is 6.26. The first kappa shape index (κ1) is 14.9. The molecule has 2 heteroatoms. The fourth-order valence-corrected chi connectivity index (χ4v) is 3.00. The Morgan fingerprint density at radius 3 is 2.74 bits per heavy atom. The highest BCUT2D eigenvalue weighted by Gasteiger charge is 2.29. The molecule has 0 amide bonds. The lowest BCUT2D eigenvalue weighted by molar-refractivity contribution is 0.289. The Morgan fingerprint density at radius 1 is 1.26 bits per heavy atom. The maximum Gasteiger partial charge on any atom is 0.0408 e. The van der Waals surface area contributed by atoms with Crippen molar-refractivity contribution < 1.29 is 0 Å². The first-order valence-corrected chi connectivity index (χ1v) is 8.02. The zero-order valence-electron chi connectivity index (χ0n) is 12.2. The molecule has 1 nitrogen and oxygen atoms in total. The van der Waals surface area contributed by atoms with Crippen LogP contribution in [-0.4, -0.2) is 12.6 Å². The fraction of sp³-hybridized carbons (Fsp3) is 0.647. The summed E-state index contributed by atoms with van der Waals surface area (Å²) in [6.07, 6.45) is 6.57. The molecule has 0 aliphatic heterocycles. The van der Waals surface area contributed by atoms with Crippen LogP contribution in [0.3, 0.4) is 0 Å². The molecule has 2 rings (SSSR count). The summed E-state index contributed by atoms with van der Waals surface area (Å²) >= 11 is 6.03. The van der Waals surface area contributed by atoms with Gasteiger partial charge in [0.2, 0.25) is 0 Å². The smallest absolute Gasteiger partial charge is 0.0408 e. The lowest BCUT2D eigenvalue weighted by Crippen LogP contribution is -2.40. The van der Waals surface area contributed by atoms with E-state index >= 15 is 0 Å². The van der Waals surface area contributed by atoms with Crippen LogP contribution in [0.2, 0.25) is 5.02 Å². The molecular weight excluding hydrogens is 254 g/mol. The summed E-state index contributed by atoms with van der Waals surface area (Å²) in [5.41, 5.74) is 1.41. The van der Waals surface area contributed by atoms with Crippen LogP contribution in [0.4, 0.5) is 0 Å². The van der Waals surface area contributed by atoms with Gasteiger partial charge in [-0.2, -0.15) is 0 Å². The molecule has 0 radical (unpaired) electrons. The summed E-state index contributed by atoms with van der Waals surface area (Å²) in [5, 5.41) is 4.54. The molecule has 1 aliphatic carbocycles. The normalized spacial score (nSPS) is 22.5. The molecule has 0 heterocycles. The van der Waals surface area contributed by atoms with Gasteiger partial charge in [-0.05, 0) is 55.3 Å². The third-order valence-corrected chi connectivity index (χ3v) is 4.33. The van der Waals surface area contributed by atoms with Crippen molar-refractivity contribution >= 4 is 11.6 Å². The minimum atomic E-state index is 0.715. The maximum absolute atomic E-state index is 6.03. The number of unbranched alkanes of at least 4 members (excludes halogenated alkanes) is 1. The van der Waals surface area contributed by atoms with Crippen molar-refractivity contribution in [2.75, 3.05) is 6.54 Å². The summed E-state index contributed by atoms with van der Waals surface area (Å²) in [5.74, 6) is 1.56. The van der Waals surface area contributed by atoms with Gasteiger partial charge < -0.3 is 5.32 Å². The van der Waals surface area contributed by atoms with Crippen LogP contribution in [0.15, 0.2) is 24.3 Å². The molecule has 1 aromatic carbocycles. The van der Waals surface area contributed by atoms with E-state index in [-0.39, 0.29) is 0 Å². The van der Waals surface area contributed by atoms with Crippen LogP contribution in [0.5, 0.6) is 0 Å². The first-order valence-electron chi connectivity index (χ1n) is 7.64. The van der Waals surface area contributed by atoms with E-state index in [2.05, 4.69) is 37.4 Å². The second-order valence-corrected chi connectivity index (χ2v) is 6.70. The van der Waals surface area contributed by atoms with Crippen molar-refractivity contribution in [2.45, 2.75) is 57.9 Å². The summed E-state index contributed by atoms with van der Waals surface area (Å²) in [7, 11) is 0. The predicted octanol–water partition coefficient (Wildman–Crippen LogP) is 5.00. The first-order chi connectivity index (χ1) is 9.15. The molecule has 1 fully saturated rings. The van der Waals surface area contributed by atoms with E-state index in [1.165, 1.54) is 44.2 Å². The Kier molecular flexibility index (Phi) is 5.72. The van der Waals surface area contributed by atoms with Crippen LogP contribution in [0, 0.1) is 5.92 Å². The molecule has 0 unspecified atom stereocenters. The van der Waals surface area contributed by atoms with Crippen LogP contribution in [0.1, 0.15) is 57.4 Å². The van der Waals surface area contributed by atoms with Gasteiger partial charge in [0.25, 0.3) is 0 Å². The van der Waals surface area contributed by atoms with E-state index < -0.39 is 0 Å². The van der Waals surface area contributed by atoms with E-state index in [0.29, 0.717) is 5.92 Å². The minimum absolute atomic E-state index is 0.715. The molecule has 0 atom stereocenters. The topological polar surface area (TPSA) is 12.0 Å². The molecule has 106 valence electrons. The maximum atomic E-state index is 6.03. The van der Waals surface area contributed by atoms with Gasteiger partial charge in [-0.25, -0.2) is 0 Å². The Hall–Kier alpha value is -0.530. The summed E-state index contributed by atoms with van der Waals surface area (Å²) in [6.45, 7) is 5.78. The zero-order valence-corrected chi connectivity index (χ0v) is 12.9. The number of benzene rings is 1. The van der Waals surface area contributed by atoms with E-state index in [0.717, 1.165) is 17.0 Å². The van der Waals surface area contributed by atoms with E-state index in [1.54, 1.807) is 0 Å². The SMILES string of the molecule is CC(C)CCCCNC1CC(c2cccc(Cl)c2)C1. The van der Waals surface area contributed by atoms with Crippen molar-refractivity contribution in [1.29, 1.82) is 0 Å². The monoisotopic (exact) mass is 279 g/mol. The van der Waals surface area contributed by atoms with Crippen LogP contribution < -0.4 is 5.32 Å². The third-order valence-electron chi connectivity index (χ3n) is 4.10. The highest BCUT2D eigenvalue weighted by Crippen LogP contribution is 2.37. The standard InChI is InChI=1S/C17H26ClN/c1-13(2)6-3-4-9-19-17-11-15(12-17)14-7-5-8-16(18)10-14/h5,7-8,10,13,15,17,19H,3-4,6,9,11-12H2,1-2H3. The zero-order chi connectivity index (χ0) is 13.7. The second kappa shape index (κ2) is 7.31. The largest absolute Gasteiger partial charge is 0.314 e. The lowest BCUT2D eigenvalue weighted by Gasteiger charge is -2.36. The highest BCUT2D eigenvalue weighted by molar-refractivity contribution is 6.30. The van der Waals surface area contributed by atoms with E-state index in [1.807, 2.05) is 6.07 Å². The fourth-order valence-electron chi connectivity index (χ4n) is 2.80. The van der Waals surface area contributed by atoms with Crippen LogP contribution >= 0.6 is 11.6 Å². The Balaban J connectivity index is 1.59. The summed E-state index contributed by atoms with van der Waals surface area (Å²) < 4.78 is 0.